The summed E-state index contributed by atoms with van der Waals surface area (Å²) in [7, 11) is 0. The quantitative estimate of drug-likeness (QED) is 0.646. The van der Waals surface area contributed by atoms with Crippen molar-refractivity contribution >= 4 is 10.9 Å². The maximum absolute atomic E-state index is 3.44. The van der Waals surface area contributed by atoms with Gasteiger partial charge < -0.3 is 15.6 Å². The van der Waals surface area contributed by atoms with Crippen molar-refractivity contribution in [2.45, 2.75) is 13.5 Å². The summed E-state index contributed by atoms with van der Waals surface area (Å²) in [6.45, 7) is 6.13. The van der Waals surface area contributed by atoms with Crippen molar-refractivity contribution in [3.8, 4) is 0 Å². The second-order valence-electron chi connectivity index (χ2n) is 3.89. The van der Waals surface area contributed by atoms with Gasteiger partial charge in [0.1, 0.15) is 0 Å². The molecule has 0 atom stereocenters. The Labute approximate surface area is 96.2 Å². The lowest BCUT2D eigenvalue weighted by molar-refractivity contribution is 0.626. The first-order valence-electron chi connectivity index (χ1n) is 5.88. The lowest BCUT2D eigenvalue weighted by Gasteiger charge is -2.06. The Morgan fingerprint density at radius 3 is 2.88 bits per heavy atom. The molecule has 0 aliphatic heterocycles. The van der Waals surface area contributed by atoms with Crippen molar-refractivity contribution in [1.29, 1.82) is 0 Å². The van der Waals surface area contributed by atoms with Gasteiger partial charge in [0, 0.05) is 36.7 Å². The van der Waals surface area contributed by atoms with Crippen LogP contribution >= 0.6 is 0 Å². The third-order valence-electron chi connectivity index (χ3n) is 2.73. The van der Waals surface area contributed by atoms with Crippen LogP contribution in [0.25, 0.3) is 10.9 Å². The minimum Gasteiger partial charge on any atom is -0.361 e. The van der Waals surface area contributed by atoms with Crippen molar-refractivity contribution in [2.75, 3.05) is 19.6 Å². The number of aromatic nitrogens is 1. The van der Waals surface area contributed by atoms with E-state index in [1.807, 2.05) is 6.20 Å². The zero-order valence-corrected chi connectivity index (χ0v) is 9.72. The molecule has 2 aromatic rings. The first-order valence-corrected chi connectivity index (χ1v) is 5.88. The van der Waals surface area contributed by atoms with E-state index in [-0.39, 0.29) is 0 Å². The van der Waals surface area contributed by atoms with Crippen LogP contribution in [0.1, 0.15) is 12.5 Å². The summed E-state index contributed by atoms with van der Waals surface area (Å²) in [5.74, 6) is 0. The highest BCUT2D eigenvalue weighted by molar-refractivity contribution is 5.82. The molecule has 3 N–H and O–H groups in total. The Kier molecular flexibility index (Phi) is 3.97. The van der Waals surface area contributed by atoms with Gasteiger partial charge in [0.25, 0.3) is 0 Å². The highest BCUT2D eigenvalue weighted by atomic mass is 14.9. The van der Waals surface area contributed by atoms with E-state index in [0.717, 1.165) is 26.2 Å². The Balaban J connectivity index is 1.91. The maximum atomic E-state index is 3.44. The molecule has 0 aliphatic carbocycles. The summed E-state index contributed by atoms with van der Waals surface area (Å²) >= 11 is 0. The van der Waals surface area contributed by atoms with Gasteiger partial charge in [-0.25, -0.2) is 0 Å². The monoisotopic (exact) mass is 217 g/mol. The van der Waals surface area contributed by atoms with Gasteiger partial charge in [0.05, 0.1) is 0 Å². The fraction of sp³-hybridized carbons (Fsp3) is 0.385. The van der Waals surface area contributed by atoms with E-state index in [1.165, 1.54) is 16.5 Å². The predicted octanol–water partition coefficient (Wildman–Crippen LogP) is 1.87. The lowest BCUT2D eigenvalue weighted by Crippen LogP contribution is -2.26. The molecule has 1 heterocycles. The van der Waals surface area contributed by atoms with Crippen molar-refractivity contribution in [2.24, 2.45) is 0 Å². The van der Waals surface area contributed by atoms with E-state index in [4.69, 9.17) is 0 Å². The number of likely N-dealkylation sites (N-methyl/N-ethyl adjacent to an activating group) is 1. The molecular weight excluding hydrogens is 198 g/mol. The Hall–Kier alpha value is -1.32. The summed E-state index contributed by atoms with van der Waals surface area (Å²) in [6, 6.07) is 8.52. The van der Waals surface area contributed by atoms with Crippen molar-refractivity contribution in [1.82, 2.24) is 15.6 Å². The van der Waals surface area contributed by atoms with Crippen LogP contribution in [0, 0.1) is 0 Å². The van der Waals surface area contributed by atoms with Crippen LogP contribution in [0.4, 0.5) is 0 Å². The number of aromatic amines is 1. The number of hydrogen-bond acceptors (Lipinski definition) is 2. The van der Waals surface area contributed by atoms with Crippen LogP contribution in [0.3, 0.4) is 0 Å². The van der Waals surface area contributed by atoms with Crippen LogP contribution in [0.5, 0.6) is 0 Å². The van der Waals surface area contributed by atoms with E-state index in [1.54, 1.807) is 0 Å². The molecule has 0 bridgehead atoms. The van der Waals surface area contributed by atoms with E-state index in [0.29, 0.717) is 0 Å². The SMILES string of the molecule is CCNCCNCc1cccc2[nH]ccc12. The smallest absolute Gasteiger partial charge is 0.0457 e. The van der Waals surface area contributed by atoms with Gasteiger partial charge in [-0.05, 0) is 24.2 Å². The second kappa shape index (κ2) is 5.68. The van der Waals surface area contributed by atoms with Gasteiger partial charge in [-0.1, -0.05) is 19.1 Å². The van der Waals surface area contributed by atoms with E-state index in [2.05, 4.69) is 46.8 Å². The summed E-state index contributed by atoms with van der Waals surface area (Å²) in [5.41, 5.74) is 2.57. The molecule has 1 aromatic carbocycles. The highest BCUT2D eigenvalue weighted by Crippen LogP contribution is 2.16. The molecule has 16 heavy (non-hydrogen) atoms. The zero-order valence-electron chi connectivity index (χ0n) is 9.72. The van der Waals surface area contributed by atoms with Gasteiger partial charge in [0.15, 0.2) is 0 Å². The van der Waals surface area contributed by atoms with E-state index >= 15 is 0 Å². The first-order chi connectivity index (χ1) is 7.92. The molecule has 3 nitrogen and oxygen atoms in total. The first kappa shape index (κ1) is 11.2. The molecule has 0 saturated heterocycles. The largest absolute Gasteiger partial charge is 0.361 e. The molecule has 1 aromatic heterocycles. The number of rotatable bonds is 6. The fourth-order valence-corrected chi connectivity index (χ4v) is 1.88. The second-order valence-corrected chi connectivity index (χ2v) is 3.89. The molecule has 0 spiro atoms. The van der Waals surface area contributed by atoms with Crippen LogP contribution in [0.15, 0.2) is 30.5 Å². The zero-order chi connectivity index (χ0) is 11.2. The number of nitrogens with one attached hydrogen (secondary N) is 3. The molecule has 3 heteroatoms. The van der Waals surface area contributed by atoms with Crippen molar-refractivity contribution in [3.05, 3.63) is 36.0 Å². The summed E-state index contributed by atoms with van der Waals surface area (Å²) in [6.07, 6.45) is 1.99. The fourth-order valence-electron chi connectivity index (χ4n) is 1.88. The maximum Gasteiger partial charge on any atom is 0.0457 e. The highest BCUT2D eigenvalue weighted by Gasteiger charge is 2.00. The van der Waals surface area contributed by atoms with E-state index < -0.39 is 0 Å². The van der Waals surface area contributed by atoms with Crippen LogP contribution in [0.2, 0.25) is 0 Å². The molecular formula is C13H19N3. The molecule has 0 unspecified atom stereocenters. The van der Waals surface area contributed by atoms with Gasteiger partial charge >= 0.3 is 0 Å². The van der Waals surface area contributed by atoms with Crippen LogP contribution in [-0.4, -0.2) is 24.6 Å². The van der Waals surface area contributed by atoms with Gasteiger partial charge in [0.2, 0.25) is 0 Å². The third-order valence-corrected chi connectivity index (χ3v) is 2.73. The van der Waals surface area contributed by atoms with Crippen molar-refractivity contribution in [3.63, 3.8) is 0 Å². The third kappa shape index (κ3) is 2.62. The number of hydrogen-bond donors (Lipinski definition) is 3. The minimum absolute atomic E-state index is 0.931. The number of benzene rings is 1. The van der Waals surface area contributed by atoms with Crippen LogP contribution < -0.4 is 10.6 Å². The van der Waals surface area contributed by atoms with Crippen molar-refractivity contribution < 1.29 is 0 Å². The summed E-state index contributed by atoms with van der Waals surface area (Å²) in [4.78, 5) is 3.23. The predicted molar refractivity (Wildman–Crippen MR) is 68.5 cm³/mol. The Morgan fingerprint density at radius 2 is 2.00 bits per heavy atom. The molecule has 0 radical (unpaired) electrons. The van der Waals surface area contributed by atoms with Gasteiger partial charge in [-0.15, -0.1) is 0 Å². The molecule has 0 amide bonds. The summed E-state index contributed by atoms with van der Waals surface area (Å²) in [5, 5.41) is 8.06. The Morgan fingerprint density at radius 1 is 1.12 bits per heavy atom. The summed E-state index contributed by atoms with van der Waals surface area (Å²) < 4.78 is 0. The van der Waals surface area contributed by atoms with Crippen LogP contribution in [-0.2, 0) is 6.54 Å². The molecule has 86 valence electrons. The van der Waals surface area contributed by atoms with E-state index in [9.17, 15) is 0 Å². The topological polar surface area (TPSA) is 39.8 Å². The molecule has 0 saturated carbocycles. The average Bonchev–Trinajstić information content (AvgIpc) is 2.77. The van der Waals surface area contributed by atoms with Gasteiger partial charge in [-0.3, -0.25) is 0 Å². The standard InChI is InChI=1S/C13H19N3/c1-2-14-8-9-15-10-11-4-3-5-13-12(11)6-7-16-13/h3-7,14-16H,2,8-10H2,1H3. The van der Waals surface area contributed by atoms with Gasteiger partial charge in [-0.2, -0.15) is 0 Å². The molecule has 0 aliphatic rings. The Bertz CT molecular complexity index is 433. The number of H-pyrrole nitrogens is 1. The lowest BCUT2D eigenvalue weighted by atomic mass is 10.1. The average molecular weight is 217 g/mol. The number of fused-ring (bicyclic) bond motifs is 1. The minimum atomic E-state index is 0.931. The normalized spacial score (nSPS) is 11.1. The molecule has 0 fully saturated rings. The molecule has 2 rings (SSSR count).